The zero-order valence-electron chi connectivity index (χ0n) is 13.2. The van der Waals surface area contributed by atoms with Crippen LogP contribution in [0.25, 0.3) is 28.0 Å². The predicted molar refractivity (Wildman–Crippen MR) is 88.1 cm³/mol. The zero-order chi connectivity index (χ0) is 16.0. The van der Waals surface area contributed by atoms with Crippen LogP contribution in [0, 0.1) is 20.8 Å². The molecule has 0 aliphatic heterocycles. The summed E-state index contributed by atoms with van der Waals surface area (Å²) in [7, 11) is 0. The number of nitrogens with zero attached hydrogens (tertiary/aromatic N) is 4. The fourth-order valence-corrected chi connectivity index (χ4v) is 2.90. The van der Waals surface area contributed by atoms with Crippen molar-refractivity contribution >= 4 is 5.65 Å². The van der Waals surface area contributed by atoms with E-state index in [0.717, 1.165) is 45.2 Å². The van der Waals surface area contributed by atoms with Crippen molar-refractivity contribution in [3.63, 3.8) is 0 Å². The summed E-state index contributed by atoms with van der Waals surface area (Å²) < 4.78 is 7.20. The molecule has 0 radical (unpaired) electrons. The second kappa shape index (κ2) is 5.05. The van der Waals surface area contributed by atoms with E-state index in [2.05, 4.69) is 33.3 Å². The van der Waals surface area contributed by atoms with Gasteiger partial charge in [-0.15, -0.1) is 0 Å². The van der Waals surface area contributed by atoms with Gasteiger partial charge >= 0.3 is 0 Å². The average molecular weight is 304 g/mol. The van der Waals surface area contributed by atoms with Crippen LogP contribution in [0.2, 0.25) is 0 Å². The minimum atomic E-state index is 0.826. The predicted octanol–water partition coefficient (Wildman–Crippen LogP) is 3.98. The Morgan fingerprint density at radius 2 is 1.87 bits per heavy atom. The summed E-state index contributed by atoms with van der Waals surface area (Å²) in [6, 6.07) is 10.3. The third-order valence-corrected chi connectivity index (χ3v) is 3.95. The quantitative estimate of drug-likeness (QED) is 0.562. The summed E-state index contributed by atoms with van der Waals surface area (Å²) in [5.74, 6) is 0.826. The van der Waals surface area contributed by atoms with Crippen LogP contribution in [0.5, 0.6) is 0 Å². The maximum absolute atomic E-state index is 5.28. The van der Waals surface area contributed by atoms with Crippen LogP contribution in [0.1, 0.15) is 17.1 Å². The van der Waals surface area contributed by atoms with Crippen molar-refractivity contribution in [3.8, 4) is 22.4 Å². The highest BCUT2D eigenvalue weighted by molar-refractivity contribution is 5.74. The van der Waals surface area contributed by atoms with Crippen molar-refractivity contribution in [2.45, 2.75) is 20.8 Å². The molecule has 0 aliphatic rings. The van der Waals surface area contributed by atoms with E-state index in [9.17, 15) is 0 Å². The fraction of sp³-hybridized carbons (Fsp3) is 0.167. The van der Waals surface area contributed by atoms with Gasteiger partial charge in [0.2, 0.25) is 0 Å². The maximum Gasteiger partial charge on any atom is 0.141 e. The van der Waals surface area contributed by atoms with Gasteiger partial charge in [-0.05, 0) is 32.4 Å². The van der Waals surface area contributed by atoms with E-state index in [1.54, 1.807) is 6.33 Å². The van der Waals surface area contributed by atoms with E-state index in [-0.39, 0.29) is 0 Å². The lowest BCUT2D eigenvalue weighted by Gasteiger charge is -2.05. The SMILES string of the molecule is Cc1cn2cnc(-c3cccc(-c4c(C)noc4C)c3)cc2n1. The van der Waals surface area contributed by atoms with Gasteiger partial charge in [0.1, 0.15) is 17.7 Å². The van der Waals surface area contributed by atoms with E-state index < -0.39 is 0 Å². The van der Waals surface area contributed by atoms with Crippen molar-refractivity contribution in [1.29, 1.82) is 0 Å². The van der Waals surface area contributed by atoms with Crippen LogP contribution < -0.4 is 0 Å². The highest BCUT2D eigenvalue weighted by Gasteiger charge is 2.12. The number of fused-ring (bicyclic) bond motifs is 1. The maximum atomic E-state index is 5.28. The molecule has 5 heteroatoms. The van der Waals surface area contributed by atoms with E-state index >= 15 is 0 Å². The van der Waals surface area contributed by atoms with Gasteiger partial charge in [-0.2, -0.15) is 0 Å². The molecule has 4 rings (SSSR count). The van der Waals surface area contributed by atoms with E-state index in [0.29, 0.717) is 0 Å². The van der Waals surface area contributed by atoms with Gasteiger partial charge in [-0.1, -0.05) is 23.4 Å². The third-order valence-electron chi connectivity index (χ3n) is 3.95. The first-order valence-corrected chi connectivity index (χ1v) is 7.47. The molecule has 0 fully saturated rings. The van der Waals surface area contributed by atoms with Crippen LogP contribution in [-0.2, 0) is 0 Å². The zero-order valence-corrected chi connectivity index (χ0v) is 13.2. The number of benzene rings is 1. The Balaban J connectivity index is 1.84. The molecule has 0 bridgehead atoms. The molecule has 114 valence electrons. The Hall–Kier alpha value is -2.95. The molecule has 0 unspecified atom stereocenters. The highest BCUT2D eigenvalue weighted by atomic mass is 16.5. The molecule has 0 amide bonds. The van der Waals surface area contributed by atoms with Crippen molar-refractivity contribution in [2.75, 3.05) is 0 Å². The topological polar surface area (TPSA) is 56.2 Å². The number of aryl methyl sites for hydroxylation is 3. The summed E-state index contributed by atoms with van der Waals surface area (Å²) in [5.41, 5.74) is 6.85. The molecular formula is C18H16N4O. The molecule has 0 aliphatic carbocycles. The summed E-state index contributed by atoms with van der Waals surface area (Å²) in [5, 5.41) is 4.03. The van der Waals surface area contributed by atoms with Gasteiger partial charge in [0.25, 0.3) is 0 Å². The molecule has 23 heavy (non-hydrogen) atoms. The van der Waals surface area contributed by atoms with E-state index in [1.807, 2.05) is 43.5 Å². The van der Waals surface area contributed by atoms with Gasteiger partial charge in [0.15, 0.2) is 0 Å². The Kier molecular flexibility index (Phi) is 3.01. The first kappa shape index (κ1) is 13.7. The summed E-state index contributed by atoms with van der Waals surface area (Å²) in [4.78, 5) is 9.04. The Bertz CT molecular complexity index is 993. The van der Waals surface area contributed by atoms with Crippen LogP contribution in [0.3, 0.4) is 0 Å². The molecule has 0 saturated heterocycles. The lowest BCUT2D eigenvalue weighted by molar-refractivity contribution is 0.393. The molecule has 0 atom stereocenters. The Morgan fingerprint density at radius 1 is 1.04 bits per heavy atom. The summed E-state index contributed by atoms with van der Waals surface area (Å²) >= 11 is 0. The minimum absolute atomic E-state index is 0.826. The van der Waals surface area contributed by atoms with E-state index in [1.165, 1.54) is 0 Å². The summed E-state index contributed by atoms with van der Waals surface area (Å²) in [6.45, 7) is 5.86. The number of aromatic nitrogens is 4. The van der Waals surface area contributed by atoms with Gasteiger partial charge in [0, 0.05) is 23.4 Å². The van der Waals surface area contributed by atoms with Gasteiger partial charge in [-0.3, -0.25) is 4.40 Å². The Labute approximate surface area is 133 Å². The molecule has 0 N–H and O–H groups in total. The molecule has 5 nitrogen and oxygen atoms in total. The van der Waals surface area contributed by atoms with Crippen LogP contribution >= 0.6 is 0 Å². The first-order valence-electron chi connectivity index (χ1n) is 7.47. The molecule has 0 spiro atoms. The number of rotatable bonds is 2. The average Bonchev–Trinajstić information content (AvgIpc) is 3.08. The molecule has 3 heterocycles. The number of hydrogen-bond donors (Lipinski definition) is 0. The minimum Gasteiger partial charge on any atom is -0.361 e. The monoisotopic (exact) mass is 304 g/mol. The molecule has 4 aromatic rings. The smallest absolute Gasteiger partial charge is 0.141 e. The highest BCUT2D eigenvalue weighted by Crippen LogP contribution is 2.30. The lowest BCUT2D eigenvalue weighted by Crippen LogP contribution is -1.90. The third kappa shape index (κ3) is 2.30. The fourth-order valence-electron chi connectivity index (χ4n) is 2.90. The van der Waals surface area contributed by atoms with Gasteiger partial charge in [0.05, 0.1) is 17.1 Å². The summed E-state index contributed by atoms with van der Waals surface area (Å²) in [6.07, 6.45) is 3.76. The Morgan fingerprint density at radius 3 is 2.65 bits per heavy atom. The van der Waals surface area contributed by atoms with Crippen LogP contribution in [-0.4, -0.2) is 19.5 Å². The van der Waals surface area contributed by atoms with Gasteiger partial charge in [-0.25, -0.2) is 9.97 Å². The van der Waals surface area contributed by atoms with Crippen molar-refractivity contribution < 1.29 is 4.52 Å². The number of hydrogen-bond acceptors (Lipinski definition) is 4. The molecular weight excluding hydrogens is 288 g/mol. The largest absolute Gasteiger partial charge is 0.361 e. The van der Waals surface area contributed by atoms with Crippen molar-refractivity contribution in [3.05, 3.63) is 60.0 Å². The molecule has 0 saturated carbocycles. The molecule has 1 aromatic carbocycles. The molecule has 3 aromatic heterocycles. The van der Waals surface area contributed by atoms with E-state index in [4.69, 9.17) is 4.52 Å². The lowest BCUT2D eigenvalue weighted by atomic mass is 10.0. The van der Waals surface area contributed by atoms with Crippen molar-refractivity contribution in [1.82, 2.24) is 19.5 Å². The second-order valence-electron chi connectivity index (χ2n) is 5.70. The first-order chi connectivity index (χ1) is 11.1. The van der Waals surface area contributed by atoms with Crippen LogP contribution in [0.4, 0.5) is 0 Å². The number of imidazole rings is 1. The van der Waals surface area contributed by atoms with Crippen LogP contribution in [0.15, 0.2) is 47.4 Å². The standard InChI is InChI=1S/C18H16N4O/c1-11-9-22-10-19-16(8-17(22)20-11)14-5-4-6-15(7-14)18-12(2)21-23-13(18)3/h4-10H,1-3H3. The second-order valence-corrected chi connectivity index (χ2v) is 5.70. The van der Waals surface area contributed by atoms with Crippen molar-refractivity contribution in [2.24, 2.45) is 0 Å². The van der Waals surface area contributed by atoms with Gasteiger partial charge < -0.3 is 4.52 Å². The normalized spacial score (nSPS) is 11.3.